The fraction of sp³-hybridized carbons (Fsp3) is 0.556. The van der Waals surface area contributed by atoms with Crippen molar-refractivity contribution in [1.29, 1.82) is 0 Å². The van der Waals surface area contributed by atoms with Crippen molar-refractivity contribution in [2.75, 3.05) is 6.54 Å². The molecule has 1 rings (SSSR count). The van der Waals surface area contributed by atoms with E-state index >= 15 is 0 Å². The van der Waals surface area contributed by atoms with Crippen LogP contribution in [0.25, 0.3) is 0 Å². The molecule has 0 aliphatic heterocycles. The van der Waals surface area contributed by atoms with E-state index < -0.39 is 0 Å². The van der Waals surface area contributed by atoms with Gasteiger partial charge in [0.1, 0.15) is 0 Å². The second kappa shape index (κ2) is 4.95. The number of aromatic nitrogens is 1. The third-order valence-corrected chi connectivity index (χ3v) is 1.72. The Kier molecular flexibility index (Phi) is 3.84. The van der Waals surface area contributed by atoms with Crippen molar-refractivity contribution in [3.05, 3.63) is 24.0 Å². The fourth-order valence-electron chi connectivity index (χ4n) is 1.01. The average Bonchev–Trinajstić information content (AvgIpc) is 2.49. The highest BCUT2D eigenvalue weighted by Gasteiger charge is 1.95. The molecule has 0 aliphatic rings. The van der Waals surface area contributed by atoms with Crippen molar-refractivity contribution in [2.24, 2.45) is 0 Å². The third kappa shape index (κ3) is 3.55. The van der Waals surface area contributed by atoms with Gasteiger partial charge in [0.05, 0.1) is 6.10 Å². The van der Waals surface area contributed by atoms with E-state index in [9.17, 15) is 0 Å². The second-order valence-electron chi connectivity index (χ2n) is 3.01. The Labute approximate surface area is 72.8 Å². The van der Waals surface area contributed by atoms with Crippen LogP contribution in [0.15, 0.2) is 18.3 Å². The minimum absolute atomic E-state index is 0.207. The zero-order valence-corrected chi connectivity index (χ0v) is 7.38. The minimum Gasteiger partial charge on any atom is -0.393 e. The van der Waals surface area contributed by atoms with E-state index in [1.807, 2.05) is 18.3 Å². The number of hydrogen-bond acceptors (Lipinski definition) is 2. The summed E-state index contributed by atoms with van der Waals surface area (Å²) in [4.78, 5) is 3.10. The van der Waals surface area contributed by atoms with Gasteiger partial charge in [0.2, 0.25) is 0 Å². The van der Waals surface area contributed by atoms with Gasteiger partial charge >= 0.3 is 0 Å². The average molecular weight is 168 g/mol. The van der Waals surface area contributed by atoms with Gasteiger partial charge in [-0.05, 0) is 32.0 Å². The lowest BCUT2D eigenvalue weighted by Crippen LogP contribution is -2.18. The van der Waals surface area contributed by atoms with Crippen LogP contribution in [-0.4, -0.2) is 22.7 Å². The van der Waals surface area contributed by atoms with Crippen LogP contribution in [0.1, 0.15) is 19.0 Å². The molecule has 0 aromatic carbocycles. The molecular formula is C9H16N2O. The molecule has 0 aliphatic carbocycles. The fourth-order valence-corrected chi connectivity index (χ4v) is 1.01. The first-order valence-electron chi connectivity index (χ1n) is 4.30. The summed E-state index contributed by atoms with van der Waals surface area (Å²) in [6.45, 7) is 3.51. The van der Waals surface area contributed by atoms with Crippen molar-refractivity contribution < 1.29 is 5.11 Å². The molecule has 3 nitrogen and oxygen atoms in total. The Bertz CT molecular complexity index is 194. The molecule has 0 fully saturated rings. The summed E-state index contributed by atoms with van der Waals surface area (Å²) in [5, 5.41) is 12.2. The van der Waals surface area contributed by atoms with Gasteiger partial charge < -0.3 is 15.4 Å². The number of hydrogen-bond donors (Lipinski definition) is 3. The summed E-state index contributed by atoms with van der Waals surface area (Å²) >= 11 is 0. The molecule has 68 valence electrons. The van der Waals surface area contributed by atoms with Gasteiger partial charge in [-0.1, -0.05) is 0 Å². The monoisotopic (exact) mass is 168 g/mol. The molecule has 0 spiro atoms. The Morgan fingerprint density at radius 3 is 3.08 bits per heavy atom. The molecule has 1 aromatic heterocycles. The Morgan fingerprint density at radius 1 is 1.67 bits per heavy atom. The van der Waals surface area contributed by atoms with Crippen LogP contribution in [0.3, 0.4) is 0 Å². The van der Waals surface area contributed by atoms with E-state index in [1.54, 1.807) is 6.92 Å². The quantitative estimate of drug-likeness (QED) is 0.571. The molecule has 12 heavy (non-hydrogen) atoms. The predicted octanol–water partition coefficient (Wildman–Crippen LogP) is 0.875. The Balaban J connectivity index is 2.04. The first-order valence-corrected chi connectivity index (χ1v) is 4.30. The first kappa shape index (κ1) is 9.29. The summed E-state index contributed by atoms with van der Waals surface area (Å²) < 4.78 is 0. The number of aliphatic hydroxyl groups excluding tert-OH is 1. The minimum atomic E-state index is -0.207. The predicted molar refractivity (Wildman–Crippen MR) is 48.8 cm³/mol. The number of nitrogens with one attached hydrogen (secondary N) is 2. The molecule has 0 saturated heterocycles. The standard InChI is InChI=1S/C9H16N2O/c1-8(12)4-6-10-7-9-3-2-5-11-9/h2-3,5,8,10-12H,4,6-7H2,1H3. The van der Waals surface area contributed by atoms with E-state index in [1.165, 1.54) is 5.69 Å². The zero-order chi connectivity index (χ0) is 8.81. The lowest BCUT2D eigenvalue weighted by Gasteiger charge is -2.04. The summed E-state index contributed by atoms with van der Waals surface area (Å²) in [6.07, 6.45) is 2.51. The maximum Gasteiger partial charge on any atom is 0.0524 e. The highest BCUT2D eigenvalue weighted by Crippen LogP contribution is 1.93. The maximum absolute atomic E-state index is 8.96. The highest BCUT2D eigenvalue weighted by atomic mass is 16.3. The highest BCUT2D eigenvalue weighted by molar-refractivity contribution is 5.02. The van der Waals surface area contributed by atoms with Gasteiger partial charge in [-0.15, -0.1) is 0 Å². The van der Waals surface area contributed by atoms with Crippen LogP contribution in [0.5, 0.6) is 0 Å². The summed E-state index contributed by atoms with van der Waals surface area (Å²) in [5.74, 6) is 0. The zero-order valence-electron chi connectivity index (χ0n) is 7.38. The van der Waals surface area contributed by atoms with Crippen LogP contribution >= 0.6 is 0 Å². The van der Waals surface area contributed by atoms with E-state index in [-0.39, 0.29) is 6.10 Å². The van der Waals surface area contributed by atoms with Crippen molar-refractivity contribution >= 4 is 0 Å². The van der Waals surface area contributed by atoms with Crippen LogP contribution in [0.4, 0.5) is 0 Å². The molecule has 0 radical (unpaired) electrons. The maximum atomic E-state index is 8.96. The van der Waals surface area contributed by atoms with E-state index in [4.69, 9.17) is 5.11 Å². The summed E-state index contributed by atoms with van der Waals surface area (Å²) in [7, 11) is 0. The SMILES string of the molecule is CC(O)CCNCc1ccc[nH]1. The molecule has 1 atom stereocenters. The summed E-state index contributed by atoms with van der Waals surface area (Å²) in [6, 6.07) is 4.01. The molecule has 1 heterocycles. The van der Waals surface area contributed by atoms with Crippen LogP contribution < -0.4 is 5.32 Å². The van der Waals surface area contributed by atoms with Gasteiger partial charge in [0.25, 0.3) is 0 Å². The second-order valence-corrected chi connectivity index (χ2v) is 3.01. The van der Waals surface area contributed by atoms with E-state index in [0.29, 0.717) is 0 Å². The topological polar surface area (TPSA) is 48.0 Å². The van der Waals surface area contributed by atoms with Gasteiger partial charge in [-0.3, -0.25) is 0 Å². The van der Waals surface area contributed by atoms with Crippen molar-refractivity contribution in [1.82, 2.24) is 10.3 Å². The third-order valence-electron chi connectivity index (χ3n) is 1.72. The van der Waals surface area contributed by atoms with Crippen molar-refractivity contribution in [3.8, 4) is 0 Å². The number of aromatic amines is 1. The van der Waals surface area contributed by atoms with E-state index in [2.05, 4.69) is 10.3 Å². The number of aliphatic hydroxyl groups is 1. The van der Waals surface area contributed by atoms with Gasteiger partial charge in [0, 0.05) is 18.4 Å². The van der Waals surface area contributed by atoms with E-state index in [0.717, 1.165) is 19.5 Å². The molecule has 1 unspecified atom stereocenters. The van der Waals surface area contributed by atoms with Crippen molar-refractivity contribution in [2.45, 2.75) is 26.0 Å². The van der Waals surface area contributed by atoms with Crippen LogP contribution in [-0.2, 0) is 6.54 Å². The largest absolute Gasteiger partial charge is 0.393 e. The Hall–Kier alpha value is -0.800. The first-order chi connectivity index (χ1) is 5.79. The van der Waals surface area contributed by atoms with Gasteiger partial charge in [-0.2, -0.15) is 0 Å². The van der Waals surface area contributed by atoms with Crippen LogP contribution in [0, 0.1) is 0 Å². The number of H-pyrrole nitrogens is 1. The molecule has 3 N–H and O–H groups in total. The van der Waals surface area contributed by atoms with Crippen molar-refractivity contribution in [3.63, 3.8) is 0 Å². The lowest BCUT2D eigenvalue weighted by molar-refractivity contribution is 0.183. The smallest absolute Gasteiger partial charge is 0.0524 e. The normalized spacial score (nSPS) is 13.2. The Morgan fingerprint density at radius 2 is 2.50 bits per heavy atom. The summed E-state index contributed by atoms with van der Waals surface area (Å²) in [5.41, 5.74) is 1.18. The van der Waals surface area contributed by atoms with Gasteiger partial charge in [-0.25, -0.2) is 0 Å². The molecular weight excluding hydrogens is 152 g/mol. The molecule has 0 bridgehead atoms. The number of rotatable bonds is 5. The molecule has 0 saturated carbocycles. The molecule has 3 heteroatoms. The molecule has 1 aromatic rings. The van der Waals surface area contributed by atoms with Gasteiger partial charge in [0.15, 0.2) is 0 Å². The lowest BCUT2D eigenvalue weighted by atomic mass is 10.3. The van der Waals surface area contributed by atoms with Crippen LogP contribution in [0.2, 0.25) is 0 Å². The molecule has 0 amide bonds.